The molecule has 3 rings (SSSR count). The van der Waals surface area contributed by atoms with E-state index in [1.807, 2.05) is 36.4 Å². The topological polar surface area (TPSA) is 63.7 Å². The summed E-state index contributed by atoms with van der Waals surface area (Å²) >= 11 is 6.01. The molecule has 1 aliphatic heterocycles. The van der Waals surface area contributed by atoms with Crippen LogP contribution in [0.3, 0.4) is 0 Å². The van der Waals surface area contributed by atoms with Gasteiger partial charge in [-0.05, 0) is 31.2 Å². The summed E-state index contributed by atoms with van der Waals surface area (Å²) in [6, 6.07) is 9.43. The molecule has 1 heterocycles. The van der Waals surface area contributed by atoms with Crippen molar-refractivity contribution in [2.45, 2.75) is 32.1 Å². The van der Waals surface area contributed by atoms with Gasteiger partial charge in [0.15, 0.2) is 0 Å². The van der Waals surface area contributed by atoms with Gasteiger partial charge >= 0.3 is 5.97 Å². The van der Waals surface area contributed by atoms with Crippen molar-refractivity contribution in [3.8, 4) is 0 Å². The van der Waals surface area contributed by atoms with E-state index in [0.29, 0.717) is 43.9 Å². The van der Waals surface area contributed by atoms with Crippen molar-refractivity contribution in [2.75, 3.05) is 13.2 Å². The lowest BCUT2D eigenvalue weighted by atomic mass is 9.85. The molecular weight excluding hydrogens is 354 g/mol. The maximum absolute atomic E-state index is 12.4. The summed E-state index contributed by atoms with van der Waals surface area (Å²) in [5.74, 6) is -1.04. The molecule has 1 saturated heterocycles. The van der Waals surface area contributed by atoms with Crippen molar-refractivity contribution in [3.63, 3.8) is 0 Å². The Morgan fingerprint density at radius 2 is 1.85 bits per heavy atom. The number of nitrogens with zero attached hydrogens (tertiary/aromatic N) is 1. The van der Waals surface area contributed by atoms with E-state index in [2.05, 4.69) is 0 Å². The summed E-state index contributed by atoms with van der Waals surface area (Å²) in [4.78, 5) is 37.9. The van der Waals surface area contributed by atoms with E-state index in [9.17, 15) is 14.4 Å². The summed E-state index contributed by atoms with van der Waals surface area (Å²) < 4.78 is 5.22. The number of amides is 2. The normalized spacial score (nSPS) is 22.2. The highest BCUT2D eigenvalue weighted by Crippen LogP contribution is 2.38. The average Bonchev–Trinajstić information content (AvgIpc) is 2.86. The van der Waals surface area contributed by atoms with Crippen LogP contribution in [0, 0.1) is 11.8 Å². The van der Waals surface area contributed by atoms with E-state index >= 15 is 0 Å². The van der Waals surface area contributed by atoms with E-state index in [-0.39, 0.29) is 36.0 Å². The number of benzene rings is 1. The predicted octanol–water partition coefficient (Wildman–Crippen LogP) is 3.07. The Morgan fingerprint density at radius 3 is 2.62 bits per heavy atom. The third-order valence-electron chi connectivity index (χ3n) is 4.89. The van der Waals surface area contributed by atoms with Crippen LogP contribution in [-0.4, -0.2) is 35.8 Å². The number of halogens is 1. The molecule has 6 heteroatoms. The molecule has 0 N–H and O–H groups in total. The standard InChI is InChI=1S/C20H22ClNO4/c21-15-8-9-16-17(13-15)20(25)22(19(16)24)10-4-5-11-26-18(23)12-14-6-2-1-3-7-14/h1-3,6-8,16-17H,4-5,9-13H2/t16-,17+/m0/s1. The van der Waals surface area contributed by atoms with Gasteiger partial charge in [0.05, 0.1) is 24.9 Å². The Bertz CT molecular complexity index is 716. The van der Waals surface area contributed by atoms with Gasteiger partial charge in [0.1, 0.15) is 0 Å². The van der Waals surface area contributed by atoms with E-state index in [1.165, 1.54) is 4.90 Å². The molecule has 1 aliphatic carbocycles. The molecule has 5 nitrogen and oxygen atoms in total. The fourth-order valence-electron chi connectivity index (χ4n) is 3.49. The molecule has 1 fully saturated rings. The molecule has 1 aromatic rings. The second-order valence-electron chi connectivity index (χ2n) is 6.72. The first-order valence-electron chi connectivity index (χ1n) is 8.95. The van der Waals surface area contributed by atoms with Gasteiger partial charge in [-0.2, -0.15) is 0 Å². The number of hydrogen-bond acceptors (Lipinski definition) is 4. The summed E-state index contributed by atoms with van der Waals surface area (Å²) in [6.45, 7) is 0.667. The molecule has 2 atom stereocenters. The second kappa shape index (κ2) is 8.49. The van der Waals surface area contributed by atoms with E-state index in [1.54, 1.807) is 0 Å². The molecule has 138 valence electrons. The van der Waals surface area contributed by atoms with Gasteiger partial charge < -0.3 is 4.74 Å². The fraction of sp³-hybridized carbons (Fsp3) is 0.450. The van der Waals surface area contributed by atoms with Gasteiger partial charge in [-0.25, -0.2) is 0 Å². The molecule has 26 heavy (non-hydrogen) atoms. The minimum Gasteiger partial charge on any atom is -0.465 e. The Labute approximate surface area is 158 Å². The van der Waals surface area contributed by atoms with Crippen LogP contribution in [0.4, 0.5) is 0 Å². The van der Waals surface area contributed by atoms with Gasteiger partial charge in [-0.1, -0.05) is 48.0 Å². The van der Waals surface area contributed by atoms with Crippen LogP contribution >= 0.6 is 11.6 Å². The Hall–Kier alpha value is -2.14. The lowest BCUT2D eigenvalue weighted by Crippen LogP contribution is -2.32. The number of hydrogen-bond donors (Lipinski definition) is 0. The molecule has 0 radical (unpaired) electrons. The van der Waals surface area contributed by atoms with Gasteiger partial charge in [-0.3, -0.25) is 19.3 Å². The zero-order valence-electron chi connectivity index (χ0n) is 14.5. The number of unbranched alkanes of at least 4 members (excludes halogenated alkanes) is 1. The summed E-state index contributed by atoms with van der Waals surface area (Å²) in [5, 5.41) is 0.666. The van der Waals surface area contributed by atoms with Crippen LogP contribution in [-0.2, 0) is 25.5 Å². The molecule has 1 aromatic carbocycles. The molecule has 0 bridgehead atoms. The summed E-state index contributed by atoms with van der Waals surface area (Å²) in [6.07, 6.45) is 4.33. The van der Waals surface area contributed by atoms with Crippen LogP contribution < -0.4 is 0 Å². The van der Waals surface area contributed by atoms with Gasteiger partial charge in [0.25, 0.3) is 0 Å². The van der Waals surface area contributed by atoms with Crippen molar-refractivity contribution in [3.05, 3.63) is 47.0 Å². The minimum atomic E-state index is -0.302. The highest BCUT2D eigenvalue weighted by atomic mass is 35.5. The maximum atomic E-state index is 12.4. The monoisotopic (exact) mass is 375 g/mol. The largest absolute Gasteiger partial charge is 0.465 e. The fourth-order valence-corrected chi connectivity index (χ4v) is 3.74. The van der Waals surface area contributed by atoms with Gasteiger partial charge in [0.2, 0.25) is 11.8 Å². The molecule has 2 amide bonds. The summed E-state index contributed by atoms with van der Waals surface area (Å²) in [7, 11) is 0. The summed E-state index contributed by atoms with van der Waals surface area (Å²) in [5.41, 5.74) is 0.917. The number of carbonyl (C=O) groups excluding carboxylic acids is 3. The number of imide groups is 1. The first-order valence-corrected chi connectivity index (χ1v) is 9.33. The van der Waals surface area contributed by atoms with Crippen LogP contribution in [0.15, 0.2) is 41.4 Å². The van der Waals surface area contributed by atoms with E-state index in [0.717, 1.165) is 5.56 Å². The third kappa shape index (κ3) is 4.33. The zero-order valence-corrected chi connectivity index (χ0v) is 15.3. The minimum absolute atomic E-state index is 0.0958. The van der Waals surface area contributed by atoms with Crippen molar-refractivity contribution in [1.82, 2.24) is 4.90 Å². The molecule has 0 saturated carbocycles. The Morgan fingerprint density at radius 1 is 1.12 bits per heavy atom. The number of fused-ring (bicyclic) bond motifs is 1. The van der Waals surface area contributed by atoms with Crippen LogP contribution in [0.1, 0.15) is 31.2 Å². The second-order valence-corrected chi connectivity index (χ2v) is 7.21. The molecule has 0 spiro atoms. The average molecular weight is 376 g/mol. The number of rotatable bonds is 7. The third-order valence-corrected chi connectivity index (χ3v) is 5.20. The highest BCUT2D eigenvalue weighted by Gasteiger charge is 2.47. The molecule has 0 aromatic heterocycles. The SMILES string of the molecule is O=C(Cc1ccccc1)OCCCCN1C(=O)[C@H]2CC=C(Cl)C[C@H]2C1=O. The molecular formula is C20H22ClNO4. The van der Waals surface area contributed by atoms with Crippen molar-refractivity contribution < 1.29 is 19.1 Å². The number of allylic oxidation sites excluding steroid dienone is 2. The predicted molar refractivity (Wildman–Crippen MR) is 97.2 cm³/mol. The number of carbonyl (C=O) groups is 3. The smallest absolute Gasteiger partial charge is 0.310 e. The Balaban J connectivity index is 1.37. The maximum Gasteiger partial charge on any atom is 0.310 e. The van der Waals surface area contributed by atoms with Crippen LogP contribution in [0.25, 0.3) is 0 Å². The Kier molecular flexibility index (Phi) is 6.09. The lowest BCUT2D eigenvalue weighted by Gasteiger charge is -2.17. The van der Waals surface area contributed by atoms with Crippen molar-refractivity contribution >= 4 is 29.4 Å². The van der Waals surface area contributed by atoms with E-state index in [4.69, 9.17) is 16.3 Å². The lowest BCUT2D eigenvalue weighted by molar-refractivity contribution is -0.144. The van der Waals surface area contributed by atoms with Gasteiger partial charge in [-0.15, -0.1) is 0 Å². The van der Waals surface area contributed by atoms with Crippen molar-refractivity contribution in [2.24, 2.45) is 11.8 Å². The number of likely N-dealkylation sites (tertiary alicyclic amines) is 1. The number of ether oxygens (including phenoxy) is 1. The molecule has 2 aliphatic rings. The first-order chi connectivity index (χ1) is 12.6. The number of esters is 1. The molecule has 0 unspecified atom stereocenters. The van der Waals surface area contributed by atoms with Crippen molar-refractivity contribution in [1.29, 1.82) is 0 Å². The quantitative estimate of drug-likeness (QED) is 0.417. The van der Waals surface area contributed by atoms with E-state index < -0.39 is 0 Å². The zero-order chi connectivity index (χ0) is 18.5. The van der Waals surface area contributed by atoms with Crippen LogP contribution in [0.2, 0.25) is 0 Å². The van der Waals surface area contributed by atoms with Gasteiger partial charge in [0, 0.05) is 11.6 Å². The first kappa shape index (κ1) is 18.6. The highest BCUT2D eigenvalue weighted by molar-refractivity contribution is 6.30. The van der Waals surface area contributed by atoms with Crippen LogP contribution in [0.5, 0.6) is 0 Å².